The molecule has 1 aliphatic heterocycles. The molecular weight excluding hydrogens is 1470 g/mol. The number of amides is 13. The molecule has 1 fully saturated rings. The molecule has 7 atom stereocenters. The predicted molar refractivity (Wildman–Crippen MR) is 427 cm³/mol. The van der Waals surface area contributed by atoms with Gasteiger partial charge in [-0.3, -0.25) is 67.2 Å². The highest BCUT2D eigenvalue weighted by Crippen LogP contribution is 2.25. The molecule has 0 radical (unpaired) electrons. The number of benzene rings is 3. The molecule has 114 heavy (non-hydrogen) atoms. The lowest BCUT2D eigenvalue weighted by molar-refractivity contribution is -0.143. The molecule has 1 aliphatic rings. The molecule has 0 aromatic heterocycles. The van der Waals surface area contributed by atoms with Gasteiger partial charge in [0, 0.05) is 133 Å². The topological polar surface area (TPSA) is 500 Å². The van der Waals surface area contributed by atoms with Crippen molar-refractivity contribution in [1.29, 1.82) is 0 Å². The van der Waals surface area contributed by atoms with Crippen LogP contribution in [-0.2, 0) is 101 Å². The van der Waals surface area contributed by atoms with E-state index in [0.717, 1.165) is 23.1 Å². The second-order valence-electron chi connectivity index (χ2n) is 29.1. The summed E-state index contributed by atoms with van der Waals surface area (Å²) in [5.74, 6) is -6.13. The number of anilines is 3. The minimum Gasteiger partial charge on any atom is -0.461 e. The summed E-state index contributed by atoms with van der Waals surface area (Å²) in [7, 11) is 1.73. The van der Waals surface area contributed by atoms with Gasteiger partial charge in [-0.15, -0.1) is 0 Å². The fourth-order valence-corrected chi connectivity index (χ4v) is 11.9. The number of ether oxygens (including phenoxy) is 4. The maximum Gasteiger partial charge on any atom is 0.312 e. The first-order valence-electron chi connectivity index (χ1n) is 38.9. The molecule has 7 unspecified atom stereocenters. The quantitative estimate of drug-likeness (QED) is 0.0113. The fourth-order valence-electron chi connectivity index (χ4n) is 11.9. The Balaban J connectivity index is 0.000000590. The summed E-state index contributed by atoms with van der Waals surface area (Å²) in [6.07, 6.45) is 5.50. The molecular formula is C81H123N13O20. The van der Waals surface area contributed by atoms with Crippen LogP contribution in [0.3, 0.4) is 0 Å². The monoisotopic (exact) mass is 1600 g/mol. The normalized spacial score (nSPS) is 13.8. The van der Waals surface area contributed by atoms with Crippen molar-refractivity contribution in [1.82, 2.24) is 36.8 Å². The Hall–Kier alpha value is -10.7. The lowest BCUT2D eigenvalue weighted by Gasteiger charge is -2.24. The summed E-state index contributed by atoms with van der Waals surface area (Å²) in [4.78, 5) is 195. The molecule has 0 aliphatic carbocycles. The molecule has 0 saturated carbocycles. The van der Waals surface area contributed by atoms with Crippen LogP contribution in [0, 0.1) is 41.4 Å². The minimum absolute atomic E-state index is 0.0303. The molecule has 3 aromatic carbocycles. The number of carbonyl (C=O) groups excluding carboxylic acids is 16. The third-order valence-electron chi connectivity index (χ3n) is 18.1. The van der Waals surface area contributed by atoms with E-state index in [1.54, 1.807) is 86.8 Å². The van der Waals surface area contributed by atoms with Crippen LogP contribution in [0.1, 0.15) is 196 Å². The SMILES string of the molecule is CC(=O)OCc1ccc(NC(=O)C(CCCNC(N)=O)CC(=O)C(NC(=O)CCCCCN2C(=O)CC(C)C2=O)C(C)C)cc1.CCCOCCC(=O)NC(C(=O)CC(CCCNC(N)=O)C(=O)Nc1ccc(COC(C)=O)cc1)C(C)C.CNC(C(=O)CC(CCCNC(N)=O)C(=O)Nc1ccc(COC(C)=O)cc1)C(C)C. The van der Waals surface area contributed by atoms with E-state index in [0.29, 0.717) is 94.5 Å². The molecule has 4 rings (SSSR count). The van der Waals surface area contributed by atoms with Gasteiger partial charge < -0.3 is 84.0 Å². The zero-order valence-electron chi connectivity index (χ0n) is 68.2. The molecule has 13 amide bonds. The lowest BCUT2D eigenvalue weighted by Crippen LogP contribution is -2.45. The number of unbranched alkanes of at least 4 members (excludes halogenated alkanes) is 2. The zero-order valence-corrected chi connectivity index (χ0v) is 68.2. The van der Waals surface area contributed by atoms with Gasteiger partial charge in [-0.2, -0.15) is 0 Å². The lowest BCUT2D eigenvalue weighted by atomic mass is 9.89. The number of nitrogens with one attached hydrogen (secondary N) is 9. The van der Waals surface area contributed by atoms with Crippen molar-refractivity contribution >= 4 is 112 Å². The van der Waals surface area contributed by atoms with E-state index in [4.69, 9.17) is 36.1 Å². The van der Waals surface area contributed by atoms with Crippen molar-refractivity contribution in [3.63, 3.8) is 0 Å². The van der Waals surface area contributed by atoms with Gasteiger partial charge in [0.1, 0.15) is 19.8 Å². The zero-order chi connectivity index (χ0) is 85.4. The van der Waals surface area contributed by atoms with Crippen LogP contribution in [0.5, 0.6) is 0 Å². The molecule has 3 aromatic rings. The van der Waals surface area contributed by atoms with Gasteiger partial charge in [0.25, 0.3) is 0 Å². The number of hydrogen-bond acceptors (Lipinski definition) is 21. The van der Waals surface area contributed by atoms with E-state index in [1.807, 2.05) is 48.5 Å². The van der Waals surface area contributed by atoms with Crippen molar-refractivity contribution in [2.75, 3.05) is 62.4 Å². The second kappa shape index (κ2) is 54.9. The number of likely N-dealkylation sites (tertiary alicyclic amines) is 1. The first-order chi connectivity index (χ1) is 53.9. The summed E-state index contributed by atoms with van der Waals surface area (Å²) >= 11 is 0. The molecule has 0 bridgehead atoms. The Morgan fingerprint density at radius 1 is 0.456 bits per heavy atom. The van der Waals surface area contributed by atoms with Crippen LogP contribution in [0.4, 0.5) is 31.4 Å². The van der Waals surface area contributed by atoms with Crippen LogP contribution < -0.4 is 65.1 Å². The van der Waals surface area contributed by atoms with Gasteiger partial charge in [-0.1, -0.05) is 98.2 Å². The highest BCUT2D eigenvalue weighted by Gasteiger charge is 2.36. The number of urea groups is 3. The Morgan fingerprint density at radius 3 is 1.08 bits per heavy atom. The second-order valence-corrected chi connectivity index (χ2v) is 29.1. The Bertz CT molecular complexity index is 3610. The smallest absolute Gasteiger partial charge is 0.312 e. The maximum absolute atomic E-state index is 13.4. The van der Waals surface area contributed by atoms with Gasteiger partial charge in [0.15, 0.2) is 17.3 Å². The number of esters is 3. The fraction of sp³-hybridized carbons (Fsp3) is 0.580. The van der Waals surface area contributed by atoms with E-state index in [-0.39, 0.29) is 178 Å². The average Bonchev–Trinajstić information content (AvgIpc) is 1.68. The maximum atomic E-state index is 13.4. The Labute approximate surface area is 668 Å². The number of Topliss-reactive ketones (excluding diaryl/α,β-unsaturated/α-hetero) is 3. The number of ketones is 3. The van der Waals surface area contributed by atoms with Crippen LogP contribution in [0.25, 0.3) is 0 Å². The number of likely N-dealkylation sites (N-methyl/N-ethyl adjacent to an activating group) is 1. The number of imide groups is 1. The van der Waals surface area contributed by atoms with Crippen molar-refractivity contribution in [3.8, 4) is 0 Å². The summed E-state index contributed by atoms with van der Waals surface area (Å²) in [6.45, 7) is 21.3. The van der Waals surface area contributed by atoms with Crippen molar-refractivity contribution in [2.24, 2.45) is 58.6 Å². The highest BCUT2D eigenvalue weighted by molar-refractivity contribution is 6.03. The van der Waals surface area contributed by atoms with Gasteiger partial charge >= 0.3 is 36.0 Å². The van der Waals surface area contributed by atoms with Crippen LogP contribution in [0.2, 0.25) is 0 Å². The first-order valence-corrected chi connectivity index (χ1v) is 38.9. The van der Waals surface area contributed by atoms with E-state index in [1.165, 1.54) is 25.7 Å². The van der Waals surface area contributed by atoms with Gasteiger partial charge in [0.2, 0.25) is 41.4 Å². The molecule has 15 N–H and O–H groups in total. The molecule has 1 heterocycles. The van der Waals surface area contributed by atoms with Crippen molar-refractivity contribution in [2.45, 2.75) is 217 Å². The van der Waals surface area contributed by atoms with Crippen molar-refractivity contribution < 1.29 is 95.7 Å². The summed E-state index contributed by atoms with van der Waals surface area (Å²) in [6, 6.07) is 16.7. The average molecular weight is 1600 g/mol. The van der Waals surface area contributed by atoms with E-state index >= 15 is 0 Å². The van der Waals surface area contributed by atoms with E-state index in [9.17, 15) is 76.7 Å². The van der Waals surface area contributed by atoms with Gasteiger partial charge in [-0.05, 0) is 136 Å². The Kier molecular flexibility index (Phi) is 47.8. The van der Waals surface area contributed by atoms with E-state index < -0.39 is 53.9 Å². The third-order valence-corrected chi connectivity index (χ3v) is 18.1. The molecule has 33 nitrogen and oxygen atoms in total. The summed E-state index contributed by atoms with van der Waals surface area (Å²) in [5, 5.41) is 24.6. The first kappa shape index (κ1) is 99.4. The number of nitrogens with zero attached hydrogens (tertiary/aromatic N) is 1. The molecule has 33 heteroatoms. The van der Waals surface area contributed by atoms with Crippen LogP contribution >= 0.6 is 0 Å². The number of rotatable bonds is 50. The highest BCUT2D eigenvalue weighted by atomic mass is 16.5. The summed E-state index contributed by atoms with van der Waals surface area (Å²) in [5.41, 5.74) is 19.2. The third kappa shape index (κ3) is 42.3. The van der Waals surface area contributed by atoms with Gasteiger partial charge in [-0.25, -0.2) is 14.4 Å². The molecule has 0 spiro atoms. The molecule has 632 valence electrons. The van der Waals surface area contributed by atoms with E-state index in [2.05, 4.69) is 47.9 Å². The number of carbonyl (C=O) groups is 16. The number of nitrogens with two attached hydrogens (primary N) is 3. The Morgan fingerprint density at radius 2 is 0.789 bits per heavy atom. The number of primary amides is 3. The van der Waals surface area contributed by atoms with Crippen LogP contribution in [0.15, 0.2) is 72.8 Å². The van der Waals surface area contributed by atoms with Gasteiger partial charge in [0.05, 0.1) is 24.7 Å². The number of hydrogen-bond donors (Lipinski definition) is 12. The minimum atomic E-state index is -0.793. The van der Waals surface area contributed by atoms with Crippen LogP contribution in [-0.4, -0.2) is 164 Å². The largest absolute Gasteiger partial charge is 0.461 e. The summed E-state index contributed by atoms with van der Waals surface area (Å²) < 4.78 is 20.2. The molecule has 1 saturated heterocycles. The van der Waals surface area contributed by atoms with Crippen molar-refractivity contribution in [3.05, 3.63) is 89.5 Å². The predicted octanol–water partition coefficient (Wildman–Crippen LogP) is 7.43. The standard InChI is InChI=1S/C32H47N5O8.C27H42N4O7.C22H34N4O5/c1-20(2)29(36-27(40)10-6-5-7-16-37-28(41)17-21(3)31(37)43)26(39)18-24(9-8-15-34-32(33)44)30(42)35-25-13-11-23(12-14-25)19-45-22(4)38;1-5-14-37-15-12-24(34)31-25(18(2)3)23(33)16-21(7-6-13-29-27(28)36)26(35)30-22-10-8-20(9-11-22)17-38-19(4)32;1-14(2)20(24-4)19(28)12-17(6-5-11-25-22(23)30)21(29)26-18-9-7-16(8-10-18)13-31-15(3)27/h11-14,20-21,24,29H,5-10,15-19H2,1-4H3,(H,35,42)(H,36,40)(H3,33,34,44);8-11,18,21,25H,5-7,12-17H2,1-4H3,(H,30,35)(H,31,34)(H3,28,29,36);7-10,14,17,20,24H,5-6,11-13H2,1-4H3,(H,26,29)(H3,23,25,30).